The summed E-state index contributed by atoms with van der Waals surface area (Å²) in [4.78, 5) is 13.8. The van der Waals surface area contributed by atoms with Crippen LogP contribution in [0, 0.1) is 0 Å². The number of nitrogens with zero attached hydrogens (tertiary/aromatic N) is 1. The molecule has 3 nitrogen and oxygen atoms in total. The number of aromatic carboxylic acids is 1. The first-order valence-corrected chi connectivity index (χ1v) is 4.07. The van der Waals surface area contributed by atoms with Gasteiger partial charge in [-0.1, -0.05) is 0 Å². The van der Waals surface area contributed by atoms with E-state index in [2.05, 4.69) is 20.9 Å². The molecule has 14 heavy (non-hydrogen) atoms. The van der Waals surface area contributed by atoms with Crippen LogP contribution in [0.4, 0.5) is 13.2 Å². The molecule has 1 aromatic rings. The lowest BCUT2D eigenvalue weighted by Crippen LogP contribution is -2.14. The SMILES string of the molecule is O=C(O)c1cncc(Br)c1C(F)(F)F. The zero-order valence-electron chi connectivity index (χ0n) is 6.47. The Hall–Kier alpha value is -1.11. The molecule has 0 aliphatic rings. The Morgan fingerprint density at radius 3 is 2.36 bits per heavy atom. The summed E-state index contributed by atoms with van der Waals surface area (Å²) in [7, 11) is 0. The molecule has 1 N–H and O–H groups in total. The van der Waals surface area contributed by atoms with Crippen molar-refractivity contribution in [2.75, 3.05) is 0 Å². The second kappa shape index (κ2) is 3.56. The number of hydrogen-bond acceptors (Lipinski definition) is 2. The summed E-state index contributed by atoms with van der Waals surface area (Å²) in [6.07, 6.45) is -3.15. The number of pyridine rings is 1. The molecule has 1 heterocycles. The molecular weight excluding hydrogens is 267 g/mol. The molecule has 0 aromatic carbocycles. The highest BCUT2D eigenvalue weighted by atomic mass is 79.9. The van der Waals surface area contributed by atoms with Crippen LogP contribution in [0.15, 0.2) is 16.9 Å². The quantitative estimate of drug-likeness (QED) is 0.853. The van der Waals surface area contributed by atoms with Gasteiger partial charge in [-0.05, 0) is 15.9 Å². The summed E-state index contributed by atoms with van der Waals surface area (Å²) < 4.78 is 36.7. The van der Waals surface area contributed by atoms with Gasteiger partial charge in [-0.2, -0.15) is 13.2 Å². The van der Waals surface area contributed by atoms with Gasteiger partial charge in [0.25, 0.3) is 0 Å². The Labute approximate surface area is 84.7 Å². The van der Waals surface area contributed by atoms with Crippen LogP contribution in [0.2, 0.25) is 0 Å². The third-order valence-corrected chi connectivity index (χ3v) is 2.01. The first kappa shape index (κ1) is 11.0. The Kier molecular flexibility index (Phi) is 2.79. The molecule has 0 bridgehead atoms. The molecule has 0 atom stereocenters. The van der Waals surface area contributed by atoms with Gasteiger partial charge in [0.1, 0.15) is 0 Å². The van der Waals surface area contributed by atoms with Gasteiger partial charge in [0, 0.05) is 16.9 Å². The van der Waals surface area contributed by atoms with E-state index in [1.165, 1.54) is 0 Å². The summed E-state index contributed by atoms with van der Waals surface area (Å²) in [6, 6.07) is 0. The van der Waals surface area contributed by atoms with Crippen molar-refractivity contribution in [3.8, 4) is 0 Å². The van der Waals surface area contributed by atoms with Crippen LogP contribution < -0.4 is 0 Å². The van der Waals surface area contributed by atoms with Crippen LogP contribution in [0.25, 0.3) is 0 Å². The van der Waals surface area contributed by atoms with Crippen LogP contribution in [0.3, 0.4) is 0 Å². The average Bonchev–Trinajstić information content (AvgIpc) is 2.01. The number of carboxylic acids is 1. The van der Waals surface area contributed by atoms with Crippen molar-refractivity contribution >= 4 is 21.9 Å². The minimum Gasteiger partial charge on any atom is -0.478 e. The average molecular weight is 270 g/mol. The molecule has 0 radical (unpaired) electrons. The number of carbonyl (C=O) groups is 1. The maximum absolute atomic E-state index is 12.3. The van der Waals surface area contributed by atoms with Gasteiger partial charge in [0.15, 0.2) is 0 Å². The maximum atomic E-state index is 12.3. The fourth-order valence-electron chi connectivity index (χ4n) is 0.885. The topological polar surface area (TPSA) is 50.2 Å². The Balaban J connectivity index is 3.45. The second-order valence-electron chi connectivity index (χ2n) is 2.35. The van der Waals surface area contributed by atoms with Crippen molar-refractivity contribution in [2.24, 2.45) is 0 Å². The molecule has 0 saturated carbocycles. The minimum atomic E-state index is -4.71. The molecule has 0 spiro atoms. The Bertz CT molecular complexity index is 378. The van der Waals surface area contributed by atoms with E-state index >= 15 is 0 Å². The molecule has 0 amide bonds. The van der Waals surface area contributed by atoms with Crippen LogP contribution in [0.5, 0.6) is 0 Å². The van der Waals surface area contributed by atoms with Crippen LogP contribution in [-0.4, -0.2) is 16.1 Å². The van der Waals surface area contributed by atoms with Crippen molar-refractivity contribution in [1.82, 2.24) is 4.98 Å². The first-order chi connectivity index (χ1) is 6.34. The molecule has 0 saturated heterocycles. The Morgan fingerprint density at radius 1 is 1.43 bits per heavy atom. The number of carboxylic acid groups (broad SMARTS) is 1. The number of aromatic nitrogens is 1. The van der Waals surface area contributed by atoms with Gasteiger partial charge in [-0.25, -0.2) is 4.79 Å². The van der Waals surface area contributed by atoms with Crippen molar-refractivity contribution < 1.29 is 23.1 Å². The number of hydrogen-bond donors (Lipinski definition) is 1. The predicted octanol–water partition coefficient (Wildman–Crippen LogP) is 2.56. The third-order valence-electron chi connectivity index (χ3n) is 1.41. The zero-order chi connectivity index (χ0) is 10.9. The molecule has 1 aromatic heterocycles. The van der Waals surface area contributed by atoms with Gasteiger partial charge >= 0.3 is 12.1 Å². The zero-order valence-corrected chi connectivity index (χ0v) is 8.06. The van der Waals surface area contributed by atoms with E-state index in [-0.39, 0.29) is 4.47 Å². The van der Waals surface area contributed by atoms with Crippen LogP contribution in [-0.2, 0) is 6.18 Å². The summed E-state index contributed by atoms with van der Waals surface area (Å²) in [5.74, 6) is -1.66. The second-order valence-corrected chi connectivity index (χ2v) is 3.20. The smallest absolute Gasteiger partial charge is 0.418 e. The number of halogens is 4. The standard InChI is InChI=1S/C7H3BrF3NO2/c8-4-2-12-1-3(6(13)14)5(4)7(9,10)11/h1-2H,(H,13,14). The fraction of sp³-hybridized carbons (Fsp3) is 0.143. The highest BCUT2D eigenvalue weighted by Gasteiger charge is 2.37. The van der Waals surface area contributed by atoms with E-state index in [0.717, 1.165) is 6.20 Å². The van der Waals surface area contributed by atoms with Gasteiger partial charge in [0.05, 0.1) is 11.1 Å². The van der Waals surface area contributed by atoms with Gasteiger partial charge < -0.3 is 5.11 Å². The van der Waals surface area contributed by atoms with E-state index in [0.29, 0.717) is 6.20 Å². The van der Waals surface area contributed by atoms with Crippen molar-refractivity contribution in [2.45, 2.75) is 6.18 Å². The summed E-state index contributed by atoms with van der Waals surface area (Å²) in [6.45, 7) is 0. The van der Waals surface area contributed by atoms with E-state index in [1.807, 2.05) is 0 Å². The highest BCUT2D eigenvalue weighted by Crippen LogP contribution is 2.36. The largest absolute Gasteiger partial charge is 0.478 e. The van der Waals surface area contributed by atoms with Crippen molar-refractivity contribution in [3.05, 3.63) is 28.0 Å². The molecule has 0 fully saturated rings. The number of alkyl halides is 3. The first-order valence-electron chi connectivity index (χ1n) is 3.28. The summed E-state index contributed by atoms with van der Waals surface area (Å²) >= 11 is 2.61. The molecule has 0 unspecified atom stereocenters. The van der Waals surface area contributed by atoms with E-state index in [4.69, 9.17) is 5.11 Å². The fourth-order valence-corrected chi connectivity index (χ4v) is 1.44. The molecule has 1 rings (SSSR count). The molecule has 0 aliphatic carbocycles. The van der Waals surface area contributed by atoms with E-state index in [1.54, 1.807) is 0 Å². The summed E-state index contributed by atoms with van der Waals surface area (Å²) in [5.41, 5.74) is -2.09. The lowest BCUT2D eigenvalue weighted by atomic mass is 10.1. The molecule has 76 valence electrons. The molecule has 0 aliphatic heterocycles. The lowest BCUT2D eigenvalue weighted by Gasteiger charge is -2.10. The van der Waals surface area contributed by atoms with Crippen molar-refractivity contribution in [3.63, 3.8) is 0 Å². The normalized spacial score (nSPS) is 11.4. The molecule has 7 heteroatoms. The van der Waals surface area contributed by atoms with Gasteiger partial charge in [0.2, 0.25) is 0 Å². The minimum absolute atomic E-state index is 0.384. The molecular formula is C7H3BrF3NO2. The lowest BCUT2D eigenvalue weighted by molar-refractivity contribution is -0.138. The third kappa shape index (κ3) is 2.03. The summed E-state index contributed by atoms with van der Waals surface area (Å²) in [5, 5.41) is 8.49. The van der Waals surface area contributed by atoms with Crippen LogP contribution in [0.1, 0.15) is 15.9 Å². The Morgan fingerprint density at radius 2 is 2.00 bits per heavy atom. The van der Waals surface area contributed by atoms with Crippen LogP contribution >= 0.6 is 15.9 Å². The highest BCUT2D eigenvalue weighted by molar-refractivity contribution is 9.10. The number of rotatable bonds is 1. The van der Waals surface area contributed by atoms with E-state index < -0.39 is 23.3 Å². The van der Waals surface area contributed by atoms with Gasteiger partial charge in [-0.3, -0.25) is 4.98 Å². The van der Waals surface area contributed by atoms with E-state index in [9.17, 15) is 18.0 Å². The predicted molar refractivity (Wildman–Crippen MR) is 43.9 cm³/mol. The van der Waals surface area contributed by atoms with Crippen molar-refractivity contribution in [1.29, 1.82) is 0 Å². The van der Waals surface area contributed by atoms with Gasteiger partial charge in [-0.15, -0.1) is 0 Å². The maximum Gasteiger partial charge on any atom is 0.418 e. The monoisotopic (exact) mass is 269 g/mol.